The molecule has 0 aliphatic carbocycles. The summed E-state index contributed by atoms with van der Waals surface area (Å²) >= 11 is 0. The van der Waals surface area contributed by atoms with Gasteiger partial charge in [0, 0.05) is 28.9 Å². The van der Waals surface area contributed by atoms with Crippen molar-refractivity contribution in [2.24, 2.45) is 0 Å². The molecule has 0 aliphatic heterocycles. The van der Waals surface area contributed by atoms with E-state index >= 15 is 0 Å². The standard InChI is InChI=1S/C20H13F3N4/c21-20(22,23)14-8-6-13(7-9-14)18-11-19(26-12-25-18)27-17-5-1-4-16-15(17)3-2-10-24-16/h1-12H,(H,25,26,27). The van der Waals surface area contributed by atoms with Gasteiger partial charge in [-0.2, -0.15) is 13.2 Å². The third kappa shape index (κ3) is 3.57. The average Bonchev–Trinajstić information content (AvgIpc) is 2.68. The van der Waals surface area contributed by atoms with E-state index in [0.717, 1.165) is 28.7 Å². The predicted octanol–water partition coefficient (Wildman–Crippen LogP) is 5.45. The SMILES string of the molecule is FC(F)(F)c1ccc(-c2cc(Nc3cccc4ncccc34)ncn2)cc1. The van der Waals surface area contributed by atoms with Crippen LogP contribution in [-0.2, 0) is 6.18 Å². The van der Waals surface area contributed by atoms with Gasteiger partial charge in [0.25, 0.3) is 0 Å². The Kier molecular flexibility index (Phi) is 4.19. The Morgan fingerprint density at radius 2 is 1.63 bits per heavy atom. The van der Waals surface area contributed by atoms with Gasteiger partial charge in [-0.3, -0.25) is 4.98 Å². The maximum absolute atomic E-state index is 12.7. The van der Waals surface area contributed by atoms with Crippen molar-refractivity contribution >= 4 is 22.4 Å². The van der Waals surface area contributed by atoms with Crippen LogP contribution in [0.4, 0.5) is 24.7 Å². The molecule has 2 aromatic heterocycles. The first-order valence-electron chi connectivity index (χ1n) is 8.11. The van der Waals surface area contributed by atoms with Gasteiger partial charge in [-0.25, -0.2) is 9.97 Å². The molecule has 27 heavy (non-hydrogen) atoms. The summed E-state index contributed by atoms with van der Waals surface area (Å²) in [6.45, 7) is 0. The number of hydrogen-bond acceptors (Lipinski definition) is 4. The quantitative estimate of drug-likeness (QED) is 0.523. The van der Waals surface area contributed by atoms with Gasteiger partial charge in [0.2, 0.25) is 0 Å². The maximum Gasteiger partial charge on any atom is 0.416 e. The molecule has 0 saturated carbocycles. The van der Waals surface area contributed by atoms with Crippen molar-refractivity contribution < 1.29 is 13.2 Å². The molecule has 4 rings (SSSR count). The summed E-state index contributed by atoms with van der Waals surface area (Å²) in [4.78, 5) is 12.7. The van der Waals surface area contributed by atoms with Gasteiger partial charge in [0.15, 0.2) is 0 Å². The highest BCUT2D eigenvalue weighted by molar-refractivity contribution is 5.92. The Balaban J connectivity index is 1.65. The predicted molar refractivity (Wildman–Crippen MR) is 97.5 cm³/mol. The first-order chi connectivity index (χ1) is 13.0. The molecule has 2 heterocycles. The minimum atomic E-state index is -4.36. The molecule has 0 amide bonds. The third-order valence-corrected chi connectivity index (χ3v) is 4.08. The number of nitrogens with zero attached hydrogens (tertiary/aromatic N) is 3. The van der Waals surface area contributed by atoms with Crippen LogP contribution in [0.25, 0.3) is 22.2 Å². The molecule has 0 unspecified atom stereocenters. The van der Waals surface area contributed by atoms with E-state index < -0.39 is 11.7 Å². The van der Waals surface area contributed by atoms with Gasteiger partial charge in [0.1, 0.15) is 12.1 Å². The van der Waals surface area contributed by atoms with Crippen LogP contribution in [0, 0.1) is 0 Å². The van der Waals surface area contributed by atoms with E-state index in [1.165, 1.54) is 18.5 Å². The average molecular weight is 366 g/mol. The molecule has 4 nitrogen and oxygen atoms in total. The zero-order chi connectivity index (χ0) is 18.9. The maximum atomic E-state index is 12.7. The van der Waals surface area contributed by atoms with Gasteiger partial charge in [0.05, 0.1) is 16.8 Å². The molecular formula is C20H13F3N4. The third-order valence-electron chi connectivity index (χ3n) is 4.08. The molecule has 0 radical (unpaired) electrons. The van der Waals surface area contributed by atoms with E-state index in [4.69, 9.17) is 0 Å². The smallest absolute Gasteiger partial charge is 0.340 e. The van der Waals surface area contributed by atoms with Crippen molar-refractivity contribution in [3.05, 3.63) is 78.8 Å². The molecule has 0 aliphatic rings. The molecule has 7 heteroatoms. The molecule has 134 valence electrons. The Hall–Kier alpha value is -3.48. The number of alkyl halides is 3. The van der Waals surface area contributed by atoms with Gasteiger partial charge in [-0.05, 0) is 36.4 Å². The van der Waals surface area contributed by atoms with Gasteiger partial charge < -0.3 is 5.32 Å². The Labute approximate surface area is 152 Å². The van der Waals surface area contributed by atoms with Crippen LogP contribution in [0.2, 0.25) is 0 Å². The Morgan fingerprint density at radius 1 is 0.815 bits per heavy atom. The van der Waals surface area contributed by atoms with Crippen molar-refractivity contribution in [2.75, 3.05) is 5.32 Å². The lowest BCUT2D eigenvalue weighted by Gasteiger charge is -2.10. The number of nitrogens with one attached hydrogen (secondary N) is 1. The first-order valence-corrected chi connectivity index (χ1v) is 8.11. The lowest BCUT2D eigenvalue weighted by molar-refractivity contribution is -0.137. The van der Waals surface area contributed by atoms with Gasteiger partial charge in [-0.1, -0.05) is 18.2 Å². The van der Waals surface area contributed by atoms with E-state index in [1.807, 2.05) is 30.3 Å². The zero-order valence-corrected chi connectivity index (χ0v) is 13.9. The zero-order valence-electron chi connectivity index (χ0n) is 13.9. The highest BCUT2D eigenvalue weighted by Crippen LogP contribution is 2.31. The molecule has 0 saturated heterocycles. The fourth-order valence-corrected chi connectivity index (χ4v) is 2.76. The summed E-state index contributed by atoms with van der Waals surface area (Å²) in [5.41, 5.74) is 2.09. The van der Waals surface area contributed by atoms with Crippen LogP contribution in [0.15, 0.2) is 73.2 Å². The summed E-state index contributed by atoms with van der Waals surface area (Å²) in [6.07, 6.45) is -1.27. The second-order valence-corrected chi connectivity index (χ2v) is 5.86. The number of hydrogen-bond donors (Lipinski definition) is 1. The van der Waals surface area contributed by atoms with Crippen LogP contribution < -0.4 is 5.32 Å². The molecule has 0 spiro atoms. The molecule has 1 N–H and O–H groups in total. The normalized spacial score (nSPS) is 11.5. The van der Waals surface area contributed by atoms with E-state index in [9.17, 15) is 13.2 Å². The van der Waals surface area contributed by atoms with Crippen LogP contribution in [0.3, 0.4) is 0 Å². The fraction of sp³-hybridized carbons (Fsp3) is 0.0500. The van der Waals surface area contributed by atoms with Crippen molar-refractivity contribution in [2.45, 2.75) is 6.18 Å². The van der Waals surface area contributed by atoms with Crippen molar-refractivity contribution in [1.82, 2.24) is 15.0 Å². The summed E-state index contributed by atoms with van der Waals surface area (Å²) in [6, 6.07) is 16.1. The number of anilines is 2. The number of rotatable bonds is 3. The van der Waals surface area contributed by atoms with Crippen LogP contribution >= 0.6 is 0 Å². The minimum absolute atomic E-state index is 0.527. The molecule has 0 atom stereocenters. The number of benzene rings is 2. The van der Waals surface area contributed by atoms with E-state index in [2.05, 4.69) is 20.3 Å². The number of pyridine rings is 1. The van der Waals surface area contributed by atoms with Crippen LogP contribution in [-0.4, -0.2) is 15.0 Å². The lowest BCUT2D eigenvalue weighted by atomic mass is 10.1. The molecule has 4 aromatic rings. The molecule has 2 aromatic carbocycles. The second kappa shape index (κ2) is 6.68. The van der Waals surface area contributed by atoms with Crippen LogP contribution in [0.1, 0.15) is 5.56 Å². The highest BCUT2D eigenvalue weighted by Gasteiger charge is 2.30. The second-order valence-electron chi connectivity index (χ2n) is 5.86. The van der Waals surface area contributed by atoms with E-state index in [0.29, 0.717) is 17.1 Å². The van der Waals surface area contributed by atoms with Crippen molar-refractivity contribution in [3.8, 4) is 11.3 Å². The summed E-state index contributed by atoms with van der Waals surface area (Å²) < 4.78 is 38.1. The fourth-order valence-electron chi connectivity index (χ4n) is 2.76. The number of halogens is 3. The van der Waals surface area contributed by atoms with Gasteiger partial charge in [-0.15, -0.1) is 0 Å². The summed E-state index contributed by atoms with van der Waals surface area (Å²) in [7, 11) is 0. The number of aromatic nitrogens is 3. The monoisotopic (exact) mass is 366 g/mol. The van der Waals surface area contributed by atoms with E-state index in [1.54, 1.807) is 12.3 Å². The Morgan fingerprint density at radius 3 is 2.41 bits per heavy atom. The molecular weight excluding hydrogens is 353 g/mol. The first kappa shape index (κ1) is 17.0. The molecule has 0 bridgehead atoms. The van der Waals surface area contributed by atoms with Gasteiger partial charge >= 0.3 is 6.18 Å². The minimum Gasteiger partial charge on any atom is -0.340 e. The summed E-state index contributed by atoms with van der Waals surface area (Å²) in [5, 5.41) is 4.16. The Bertz CT molecular complexity index is 1090. The largest absolute Gasteiger partial charge is 0.416 e. The molecule has 0 fully saturated rings. The number of fused-ring (bicyclic) bond motifs is 1. The topological polar surface area (TPSA) is 50.7 Å². The highest BCUT2D eigenvalue weighted by atomic mass is 19.4. The van der Waals surface area contributed by atoms with Crippen LogP contribution in [0.5, 0.6) is 0 Å². The van der Waals surface area contributed by atoms with Crippen molar-refractivity contribution in [1.29, 1.82) is 0 Å². The van der Waals surface area contributed by atoms with Crippen molar-refractivity contribution in [3.63, 3.8) is 0 Å². The summed E-state index contributed by atoms with van der Waals surface area (Å²) in [5.74, 6) is 0.538. The van der Waals surface area contributed by atoms with E-state index in [-0.39, 0.29) is 0 Å². The lowest BCUT2D eigenvalue weighted by Crippen LogP contribution is -2.04.